The molecule has 0 saturated carbocycles. The molecular formula is C21H22ClFN6O3S. The topological polar surface area (TPSA) is 102 Å². The van der Waals surface area contributed by atoms with Gasteiger partial charge >= 0.3 is 0 Å². The van der Waals surface area contributed by atoms with Gasteiger partial charge in [0.25, 0.3) is 11.1 Å². The molecule has 1 N–H and O–H groups in total. The molecular weight excluding hydrogens is 471 g/mol. The molecule has 0 aromatic carbocycles. The number of carbonyl (C=O) groups is 1. The minimum absolute atomic E-state index is 0.252. The summed E-state index contributed by atoms with van der Waals surface area (Å²) in [5.41, 5.74) is 2.21. The number of nitrogens with zero attached hydrogens (tertiary/aromatic N) is 5. The Morgan fingerprint density at radius 3 is 2.82 bits per heavy atom. The molecule has 2 atom stereocenters. The van der Waals surface area contributed by atoms with Crippen LogP contribution in [0.4, 0.5) is 9.52 Å². The van der Waals surface area contributed by atoms with E-state index in [1.807, 2.05) is 18.9 Å². The Bertz CT molecular complexity index is 1150. The molecule has 1 saturated heterocycles. The van der Waals surface area contributed by atoms with Gasteiger partial charge in [0, 0.05) is 42.5 Å². The highest BCUT2D eigenvalue weighted by Crippen LogP contribution is 2.34. The first kappa shape index (κ1) is 23.3. The van der Waals surface area contributed by atoms with Crippen LogP contribution in [-0.4, -0.2) is 70.5 Å². The first-order chi connectivity index (χ1) is 15.8. The Balaban J connectivity index is 1.54. The van der Waals surface area contributed by atoms with Crippen LogP contribution in [-0.2, 0) is 0 Å². The third kappa shape index (κ3) is 5.55. The first-order valence-corrected chi connectivity index (χ1v) is 11.3. The van der Waals surface area contributed by atoms with Gasteiger partial charge in [-0.2, -0.15) is 0 Å². The largest absolute Gasteiger partial charge is 0.494 e. The molecule has 0 spiro atoms. The van der Waals surface area contributed by atoms with E-state index in [1.54, 1.807) is 12.1 Å². The fraction of sp³-hybridized carbons (Fsp3) is 0.381. The number of piperidine rings is 1. The fourth-order valence-corrected chi connectivity index (χ4v) is 4.46. The highest BCUT2D eigenvalue weighted by atomic mass is 35.5. The van der Waals surface area contributed by atoms with E-state index in [1.165, 1.54) is 19.5 Å². The van der Waals surface area contributed by atoms with Gasteiger partial charge in [0.1, 0.15) is 23.2 Å². The highest BCUT2D eigenvalue weighted by Gasteiger charge is 2.27. The van der Waals surface area contributed by atoms with Crippen molar-refractivity contribution in [2.45, 2.75) is 25.6 Å². The second-order valence-electron chi connectivity index (χ2n) is 7.70. The lowest BCUT2D eigenvalue weighted by Gasteiger charge is -2.31. The van der Waals surface area contributed by atoms with Crippen molar-refractivity contribution in [3.8, 4) is 22.1 Å². The molecule has 1 aliphatic heterocycles. The summed E-state index contributed by atoms with van der Waals surface area (Å²) in [6.07, 6.45) is 1.99. The molecule has 4 rings (SSSR count). The van der Waals surface area contributed by atoms with E-state index in [4.69, 9.17) is 21.1 Å². The average Bonchev–Trinajstić information content (AvgIpc) is 3.19. The smallest absolute Gasteiger partial charge is 0.296 e. The van der Waals surface area contributed by atoms with E-state index >= 15 is 0 Å². The number of alkyl halides is 1. The molecule has 0 unspecified atom stereocenters. The molecule has 4 heterocycles. The number of pyridine rings is 2. The monoisotopic (exact) mass is 492 g/mol. The lowest BCUT2D eigenvalue weighted by Crippen LogP contribution is -2.44. The number of likely N-dealkylation sites (tertiary alicyclic amines) is 1. The summed E-state index contributed by atoms with van der Waals surface area (Å²) in [6, 6.07) is 3.40. The van der Waals surface area contributed by atoms with Gasteiger partial charge in [-0.25, -0.2) is 9.37 Å². The third-order valence-corrected chi connectivity index (χ3v) is 6.00. The number of likely N-dealkylation sites (N-methyl/N-ethyl adjacent to an activating group) is 1. The summed E-state index contributed by atoms with van der Waals surface area (Å²) >= 11 is 7.16. The Morgan fingerprint density at radius 2 is 2.06 bits per heavy atom. The van der Waals surface area contributed by atoms with E-state index in [9.17, 15) is 9.18 Å². The Labute approximate surface area is 198 Å². The number of methoxy groups -OCH3 is 1. The number of rotatable bonds is 6. The number of hydrogen-bond donors (Lipinski definition) is 1. The van der Waals surface area contributed by atoms with Gasteiger partial charge in [0.2, 0.25) is 5.13 Å². The molecule has 3 aromatic heterocycles. The van der Waals surface area contributed by atoms with Crippen molar-refractivity contribution in [2.75, 3.05) is 32.6 Å². The van der Waals surface area contributed by atoms with Crippen LogP contribution < -0.4 is 14.8 Å². The Morgan fingerprint density at radius 1 is 1.24 bits per heavy atom. The normalized spacial score (nSPS) is 18.7. The second-order valence-corrected chi connectivity index (χ2v) is 9.03. The molecule has 0 aliphatic carbocycles. The summed E-state index contributed by atoms with van der Waals surface area (Å²) in [5.74, 6) is 0.0330. The van der Waals surface area contributed by atoms with Gasteiger partial charge in [-0.15, -0.1) is 5.10 Å². The summed E-state index contributed by atoms with van der Waals surface area (Å²) in [7, 11) is 3.35. The van der Waals surface area contributed by atoms with E-state index < -0.39 is 12.1 Å². The molecule has 1 amide bonds. The number of carbonyl (C=O) groups excluding carboxylic acids is 1. The quantitative estimate of drug-likeness (QED) is 0.520. The summed E-state index contributed by atoms with van der Waals surface area (Å²) in [4.78, 5) is 23.2. The standard InChI is InChI=1S/C21H22ClFN6O3S/c1-11-4-14(15-6-18(22)25-8-17(15)31-3)16(7-24-11)19(30)26-20-27-28-21(33-20)32-13-5-12(23)9-29(2)10-13/h4,6-8,12-13H,5,9-10H2,1-3H3,(H,26,27,30)/t12-,13+/m0/s1. The number of hydrogen-bond acceptors (Lipinski definition) is 9. The van der Waals surface area contributed by atoms with Crippen LogP contribution in [0, 0.1) is 6.92 Å². The van der Waals surface area contributed by atoms with Gasteiger partial charge in [-0.05, 0) is 37.4 Å². The van der Waals surface area contributed by atoms with Crippen LogP contribution in [0.15, 0.2) is 24.5 Å². The average molecular weight is 493 g/mol. The number of anilines is 1. The molecule has 1 aliphatic rings. The second kappa shape index (κ2) is 9.94. The SMILES string of the molecule is COc1cnc(Cl)cc1-c1cc(C)ncc1C(=O)Nc1nnc(O[C@@H]2C[C@H](F)CN(C)C2)s1. The lowest BCUT2D eigenvalue weighted by molar-refractivity contribution is 0.0530. The predicted molar refractivity (Wildman–Crippen MR) is 123 cm³/mol. The minimum Gasteiger partial charge on any atom is -0.494 e. The zero-order chi connectivity index (χ0) is 23.5. The van der Waals surface area contributed by atoms with Crippen LogP contribution in [0.25, 0.3) is 11.1 Å². The van der Waals surface area contributed by atoms with Crippen molar-refractivity contribution >= 4 is 34.0 Å². The van der Waals surface area contributed by atoms with Crippen LogP contribution in [0.2, 0.25) is 5.15 Å². The van der Waals surface area contributed by atoms with Crippen LogP contribution in [0.1, 0.15) is 22.5 Å². The molecule has 1 fully saturated rings. The Hall–Kier alpha value is -2.89. The third-order valence-electron chi connectivity index (χ3n) is 5.07. The molecule has 174 valence electrons. The maximum atomic E-state index is 13.8. The van der Waals surface area contributed by atoms with Gasteiger partial charge < -0.3 is 9.47 Å². The molecule has 33 heavy (non-hydrogen) atoms. The zero-order valence-electron chi connectivity index (χ0n) is 18.2. The summed E-state index contributed by atoms with van der Waals surface area (Å²) < 4.78 is 25.0. The van der Waals surface area contributed by atoms with Crippen LogP contribution in [0.3, 0.4) is 0 Å². The van der Waals surface area contributed by atoms with Gasteiger partial charge in [0.05, 0.1) is 18.9 Å². The number of nitrogens with one attached hydrogen (secondary N) is 1. The van der Waals surface area contributed by atoms with Crippen molar-refractivity contribution in [3.63, 3.8) is 0 Å². The van der Waals surface area contributed by atoms with Gasteiger partial charge in [-0.3, -0.25) is 20.0 Å². The van der Waals surface area contributed by atoms with Crippen molar-refractivity contribution in [2.24, 2.45) is 0 Å². The molecule has 0 radical (unpaired) electrons. The summed E-state index contributed by atoms with van der Waals surface area (Å²) in [5, 5.41) is 11.5. The number of halogens is 2. The summed E-state index contributed by atoms with van der Waals surface area (Å²) in [6.45, 7) is 2.80. The zero-order valence-corrected chi connectivity index (χ0v) is 19.8. The molecule has 3 aromatic rings. The molecule has 12 heteroatoms. The number of ether oxygens (including phenoxy) is 2. The number of aromatic nitrogens is 4. The van der Waals surface area contributed by atoms with Crippen molar-refractivity contribution in [1.29, 1.82) is 0 Å². The van der Waals surface area contributed by atoms with E-state index in [2.05, 4.69) is 25.5 Å². The highest BCUT2D eigenvalue weighted by molar-refractivity contribution is 7.17. The van der Waals surface area contributed by atoms with Crippen molar-refractivity contribution < 1.29 is 18.7 Å². The minimum atomic E-state index is -0.952. The van der Waals surface area contributed by atoms with E-state index in [-0.39, 0.29) is 21.6 Å². The van der Waals surface area contributed by atoms with E-state index in [0.29, 0.717) is 47.6 Å². The van der Waals surface area contributed by atoms with Crippen LogP contribution >= 0.6 is 22.9 Å². The fourth-order valence-electron chi connectivity index (χ4n) is 3.65. The number of aryl methyl sites for hydroxylation is 1. The van der Waals surface area contributed by atoms with Gasteiger partial charge in [0.15, 0.2) is 0 Å². The first-order valence-electron chi connectivity index (χ1n) is 10.1. The maximum Gasteiger partial charge on any atom is 0.296 e. The van der Waals surface area contributed by atoms with E-state index in [0.717, 1.165) is 11.3 Å². The maximum absolute atomic E-state index is 13.8. The van der Waals surface area contributed by atoms with Crippen LogP contribution in [0.5, 0.6) is 10.9 Å². The predicted octanol–water partition coefficient (Wildman–Crippen LogP) is 3.64. The Kier molecular flexibility index (Phi) is 7.01. The van der Waals surface area contributed by atoms with Gasteiger partial charge in [-0.1, -0.05) is 16.7 Å². The van der Waals surface area contributed by atoms with Crippen molar-refractivity contribution in [3.05, 3.63) is 40.9 Å². The lowest BCUT2D eigenvalue weighted by atomic mass is 10.0. The molecule has 0 bridgehead atoms. The number of amides is 1. The van der Waals surface area contributed by atoms with Crippen molar-refractivity contribution in [1.82, 2.24) is 25.1 Å². The molecule has 9 nitrogen and oxygen atoms in total.